The van der Waals surface area contributed by atoms with Crippen molar-refractivity contribution in [2.45, 2.75) is 19.9 Å². The number of halogens is 2. The Balaban J connectivity index is 2.50. The van der Waals surface area contributed by atoms with Crippen LogP contribution in [0.25, 0.3) is 0 Å². The topological polar surface area (TPSA) is 26.0 Å². The molecule has 2 N–H and O–H groups in total. The largest absolute Gasteiger partial charge is 0.320 e. The third-order valence-corrected chi connectivity index (χ3v) is 4.70. The van der Waals surface area contributed by atoms with Crippen LogP contribution in [0.4, 0.5) is 0 Å². The highest BCUT2D eigenvalue weighted by Gasteiger charge is 2.15. The average Bonchev–Trinajstić information content (AvgIpc) is 2.33. The van der Waals surface area contributed by atoms with Crippen molar-refractivity contribution in [1.82, 2.24) is 0 Å². The second-order valence-corrected chi connectivity index (χ2v) is 6.17. The second kappa shape index (κ2) is 5.55. The number of nitrogens with two attached hydrogens (primary N) is 1. The summed E-state index contributed by atoms with van der Waals surface area (Å²) in [4.78, 5) is 0. The van der Waals surface area contributed by atoms with E-state index in [-0.39, 0.29) is 6.04 Å². The van der Waals surface area contributed by atoms with Gasteiger partial charge in [-0.3, -0.25) is 0 Å². The van der Waals surface area contributed by atoms with Crippen LogP contribution in [0.2, 0.25) is 0 Å². The molecule has 0 aliphatic carbocycles. The molecule has 2 aromatic rings. The molecule has 0 radical (unpaired) electrons. The van der Waals surface area contributed by atoms with Gasteiger partial charge in [0, 0.05) is 8.95 Å². The van der Waals surface area contributed by atoms with E-state index in [1.54, 1.807) is 0 Å². The van der Waals surface area contributed by atoms with Gasteiger partial charge in [-0.15, -0.1) is 0 Å². The monoisotopic (exact) mass is 367 g/mol. The fourth-order valence-electron chi connectivity index (χ4n) is 2.03. The first-order valence-corrected chi connectivity index (χ1v) is 7.36. The molecule has 0 aliphatic rings. The molecule has 0 aliphatic heterocycles. The minimum absolute atomic E-state index is 0.104. The lowest BCUT2D eigenvalue weighted by molar-refractivity contribution is 0.854. The van der Waals surface area contributed by atoms with E-state index >= 15 is 0 Å². The van der Waals surface area contributed by atoms with Crippen LogP contribution in [0, 0.1) is 13.8 Å². The number of benzene rings is 2. The molecule has 3 heteroatoms. The van der Waals surface area contributed by atoms with Crippen LogP contribution in [0.5, 0.6) is 0 Å². The van der Waals surface area contributed by atoms with Gasteiger partial charge in [-0.1, -0.05) is 56.1 Å². The molecule has 94 valence electrons. The molecule has 0 saturated carbocycles. The maximum Gasteiger partial charge on any atom is 0.0565 e. The number of rotatable bonds is 2. The normalized spacial score (nSPS) is 12.5. The first-order valence-electron chi connectivity index (χ1n) is 5.77. The van der Waals surface area contributed by atoms with Crippen LogP contribution in [0.15, 0.2) is 45.3 Å². The molecule has 0 fully saturated rings. The highest BCUT2D eigenvalue weighted by molar-refractivity contribution is 9.10. The summed E-state index contributed by atoms with van der Waals surface area (Å²) in [5.74, 6) is 0. The molecule has 0 saturated heterocycles. The molecule has 18 heavy (non-hydrogen) atoms. The Morgan fingerprint density at radius 3 is 2.22 bits per heavy atom. The van der Waals surface area contributed by atoms with Crippen molar-refractivity contribution in [3.8, 4) is 0 Å². The molecular weight excluding hydrogens is 354 g/mol. The van der Waals surface area contributed by atoms with E-state index in [1.807, 2.05) is 18.2 Å². The summed E-state index contributed by atoms with van der Waals surface area (Å²) in [7, 11) is 0. The lowest BCUT2D eigenvalue weighted by Crippen LogP contribution is -2.14. The van der Waals surface area contributed by atoms with E-state index in [0.29, 0.717) is 0 Å². The van der Waals surface area contributed by atoms with Gasteiger partial charge in [0.25, 0.3) is 0 Å². The van der Waals surface area contributed by atoms with E-state index in [0.717, 1.165) is 14.5 Å². The van der Waals surface area contributed by atoms with Gasteiger partial charge in [0.15, 0.2) is 0 Å². The van der Waals surface area contributed by atoms with E-state index in [2.05, 4.69) is 63.9 Å². The maximum atomic E-state index is 6.39. The molecule has 0 heterocycles. The minimum Gasteiger partial charge on any atom is -0.320 e. The lowest BCUT2D eigenvalue weighted by atomic mass is 9.94. The number of hydrogen-bond donors (Lipinski definition) is 1. The van der Waals surface area contributed by atoms with Crippen molar-refractivity contribution in [1.29, 1.82) is 0 Å². The van der Waals surface area contributed by atoms with Crippen LogP contribution in [-0.2, 0) is 0 Å². The van der Waals surface area contributed by atoms with Gasteiger partial charge in [-0.05, 0) is 48.2 Å². The molecule has 2 aromatic carbocycles. The van der Waals surface area contributed by atoms with Crippen LogP contribution in [0.1, 0.15) is 28.3 Å². The summed E-state index contributed by atoms with van der Waals surface area (Å²) in [5, 5.41) is 0. The first-order chi connectivity index (χ1) is 8.50. The standard InChI is InChI=1S/C15H15Br2N/c1-9-8-14(17)10(2)7-12(9)15(18)11-5-3-4-6-13(11)16/h3-8,15H,18H2,1-2H3. The molecule has 0 amide bonds. The Labute approximate surface area is 125 Å². The molecule has 0 bridgehead atoms. The fraction of sp³-hybridized carbons (Fsp3) is 0.200. The average molecular weight is 369 g/mol. The molecule has 1 nitrogen and oxygen atoms in total. The van der Waals surface area contributed by atoms with Crippen molar-refractivity contribution < 1.29 is 0 Å². The highest BCUT2D eigenvalue weighted by Crippen LogP contribution is 2.31. The molecule has 1 atom stereocenters. The van der Waals surface area contributed by atoms with Crippen LogP contribution in [-0.4, -0.2) is 0 Å². The van der Waals surface area contributed by atoms with E-state index < -0.39 is 0 Å². The molecule has 0 spiro atoms. The highest BCUT2D eigenvalue weighted by atomic mass is 79.9. The summed E-state index contributed by atoms with van der Waals surface area (Å²) in [5.41, 5.74) is 11.1. The van der Waals surface area contributed by atoms with Gasteiger partial charge in [-0.25, -0.2) is 0 Å². The van der Waals surface area contributed by atoms with Crippen molar-refractivity contribution in [3.63, 3.8) is 0 Å². The van der Waals surface area contributed by atoms with Crippen molar-refractivity contribution in [2.24, 2.45) is 5.73 Å². The summed E-state index contributed by atoms with van der Waals surface area (Å²) < 4.78 is 2.18. The van der Waals surface area contributed by atoms with Gasteiger partial charge in [-0.2, -0.15) is 0 Å². The zero-order chi connectivity index (χ0) is 13.3. The predicted molar refractivity (Wildman–Crippen MR) is 83.8 cm³/mol. The number of aryl methyl sites for hydroxylation is 2. The van der Waals surface area contributed by atoms with E-state index in [4.69, 9.17) is 5.73 Å². The Morgan fingerprint density at radius 2 is 1.56 bits per heavy atom. The van der Waals surface area contributed by atoms with Crippen LogP contribution < -0.4 is 5.73 Å². The van der Waals surface area contributed by atoms with Crippen LogP contribution >= 0.6 is 31.9 Å². The Morgan fingerprint density at radius 1 is 0.889 bits per heavy atom. The van der Waals surface area contributed by atoms with Gasteiger partial charge in [0.1, 0.15) is 0 Å². The number of hydrogen-bond acceptors (Lipinski definition) is 1. The summed E-state index contributed by atoms with van der Waals surface area (Å²) in [6.45, 7) is 4.18. The minimum atomic E-state index is -0.104. The smallest absolute Gasteiger partial charge is 0.0565 e. The summed E-state index contributed by atoms with van der Waals surface area (Å²) in [6, 6.07) is 12.3. The zero-order valence-electron chi connectivity index (χ0n) is 10.4. The molecule has 2 rings (SSSR count). The SMILES string of the molecule is Cc1cc(C(N)c2ccccc2Br)c(C)cc1Br. The zero-order valence-corrected chi connectivity index (χ0v) is 13.5. The summed E-state index contributed by atoms with van der Waals surface area (Å²) >= 11 is 7.11. The quantitative estimate of drug-likeness (QED) is 0.803. The Hall–Kier alpha value is -0.640. The molecular formula is C15H15Br2N. The third kappa shape index (κ3) is 2.68. The molecule has 1 unspecified atom stereocenters. The molecule has 0 aromatic heterocycles. The van der Waals surface area contributed by atoms with Gasteiger partial charge in [0.05, 0.1) is 6.04 Å². The van der Waals surface area contributed by atoms with Gasteiger partial charge in [0.2, 0.25) is 0 Å². The summed E-state index contributed by atoms with van der Waals surface area (Å²) in [6.07, 6.45) is 0. The second-order valence-electron chi connectivity index (χ2n) is 4.46. The lowest BCUT2D eigenvalue weighted by Gasteiger charge is -2.18. The van der Waals surface area contributed by atoms with Gasteiger partial charge < -0.3 is 5.73 Å². The Kier molecular flexibility index (Phi) is 4.25. The maximum absolute atomic E-state index is 6.39. The van der Waals surface area contributed by atoms with Crippen molar-refractivity contribution in [3.05, 3.63) is 67.6 Å². The van der Waals surface area contributed by atoms with Crippen molar-refractivity contribution in [2.75, 3.05) is 0 Å². The third-order valence-electron chi connectivity index (χ3n) is 3.12. The first kappa shape index (κ1) is 13.8. The Bertz CT molecular complexity index is 579. The van der Waals surface area contributed by atoms with E-state index in [9.17, 15) is 0 Å². The van der Waals surface area contributed by atoms with Crippen molar-refractivity contribution >= 4 is 31.9 Å². The predicted octanol–water partition coefficient (Wildman–Crippen LogP) is 4.88. The van der Waals surface area contributed by atoms with Gasteiger partial charge >= 0.3 is 0 Å². The fourth-order valence-corrected chi connectivity index (χ4v) is 3.02. The van der Waals surface area contributed by atoms with E-state index in [1.165, 1.54) is 16.7 Å². The van der Waals surface area contributed by atoms with Crippen LogP contribution in [0.3, 0.4) is 0 Å².